The molecule has 3 nitrogen and oxygen atoms in total. The summed E-state index contributed by atoms with van der Waals surface area (Å²) < 4.78 is 0. The minimum atomic E-state index is -0.283. The van der Waals surface area contributed by atoms with Crippen molar-refractivity contribution < 1.29 is 4.79 Å². The summed E-state index contributed by atoms with van der Waals surface area (Å²) in [6.45, 7) is 6.53. The van der Waals surface area contributed by atoms with Crippen LogP contribution >= 0.6 is 0 Å². The first kappa shape index (κ1) is 13.7. The number of hydrogen-bond acceptors (Lipinski definition) is 2. The molecule has 0 aliphatic carbocycles. The fourth-order valence-corrected chi connectivity index (χ4v) is 1.77. The third kappa shape index (κ3) is 3.30. The summed E-state index contributed by atoms with van der Waals surface area (Å²) in [5, 5.41) is 5.67. The maximum Gasteiger partial charge on any atom is 0.241 e. The zero-order valence-corrected chi connectivity index (χ0v) is 11.3. The van der Waals surface area contributed by atoms with Gasteiger partial charge >= 0.3 is 0 Å². The van der Waals surface area contributed by atoms with E-state index in [0.717, 1.165) is 5.56 Å². The molecule has 0 aliphatic rings. The fraction of sp³-hybridized carbons (Fsp3) is 0.500. The standard InChI is InChI=1S/C14H22N2O/c1-14(2,3)11-8-6-10(7-9-11)12(15-4)13(17)16-5/h6-9,12,15H,1-5H3,(H,16,17). The van der Waals surface area contributed by atoms with E-state index >= 15 is 0 Å². The van der Waals surface area contributed by atoms with Crippen LogP contribution in [0.2, 0.25) is 0 Å². The Bertz CT molecular complexity index is 376. The van der Waals surface area contributed by atoms with E-state index in [4.69, 9.17) is 0 Å². The van der Waals surface area contributed by atoms with Gasteiger partial charge in [0.2, 0.25) is 5.91 Å². The molecule has 0 aromatic heterocycles. The van der Waals surface area contributed by atoms with E-state index in [1.54, 1.807) is 14.1 Å². The molecule has 17 heavy (non-hydrogen) atoms. The molecule has 0 bridgehead atoms. The lowest BCUT2D eigenvalue weighted by Gasteiger charge is -2.21. The van der Waals surface area contributed by atoms with Crippen LogP contribution in [-0.4, -0.2) is 20.0 Å². The number of hydrogen-bond donors (Lipinski definition) is 2. The Hall–Kier alpha value is -1.35. The third-order valence-corrected chi connectivity index (χ3v) is 2.91. The number of carbonyl (C=O) groups excluding carboxylic acids is 1. The van der Waals surface area contributed by atoms with Crippen molar-refractivity contribution in [3.63, 3.8) is 0 Å². The summed E-state index contributed by atoms with van der Waals surface area (Å²) in [7, 11) is 3.44. The van der Waals surface area contributed by atoms with Gasteiger partial charge in [-0.25, -0.2) is 0 Å². The number of carbonyl (C=O) groups is 1. The molecule has 0 saturated heterocycles. The van der Waals surface area contributed by atoms with Crippen LogP contribution in [-0.2, 0) is 10.2 Å². The van der Waals surface area contributed by atoms with Crippen LogP contribution in [0.4, 0.5) is 0 Å². The molecule has 0 saturated carbocycles. The zero-order chi connectivity index (χ0) is 13.1. The lowest BCUT2D eigenvalue weighted by atomic mass is 9.86. The van der Waals surface area contributed by atoms with Crippen molar-refractivity contribution >= 4 is 5.91 Å². The van der Waals surface area contributed by atoms with Gasteiger partial charge in [-0.3, -0.25) is 4.79 Å². The Morgan fingerprint density at radius 2 is 1.65 bits per heavy atom. The molecule has 1 aromatic rings. The first-order valence-electron chi connectivity index (χ1n) is 5.89. The molecule has 1 aromatic carbocycles. The topological polar surface area (TPSA) is 41.1 Å². The van der Waals surface area contributed by atoms with Crippen LogP contribution < -0.4 is 10.6 Å². The SMILES string of the molecule is CNC(=O)C(NC)c1ccc(C(C)(C)C)cc1. The summed E-state index contributed by atoms with van der Waals surface area (Å²) in [4.78, 5) is 11.7. The zero-order valence-electron chi connectivity index (χ0n) is 11.3. The Morgan fingerprint density at radius 1 is 1.12 bits per heavy atom. The molecule has 1 unspecified atom stereocenters. The summed E-state index contributed by atoms with van der Waals surface area (Å²) in [5.41, 5.74) is 2.40. The van der Waals surface area contributed by atoms with Crippen molar-refractivity contribution in [3.05, 3.63) is 35.4 Å². The normalized spacial score (nSPS) is 13.2. The minimum absolute atomic E-state index is 0.0176. The smallest absolute Gasteiger partial charge is 0.241 e. The van der Waals surface area contributed by atoms with E-state index in [1.807, 2.05) is 12.1 Å². The second-order valence-corrected chi connectivity index (χ2v) is 5.21. The second kappa shape index (κ2) is 5.32. The van der Waals surface area contributed by atoms with Crippen molar-refractivity contribution in [1.82, 2.24) is 10.6 Å². The van der Waals surface area contributed by atoms with E-state index < -0.39 is 0 Å². The largest absolute Gasteiger partial charge is 0.358 e. The van der Waals surface area contributed by atoms with Gasteiger partial charge in [0, 0.05) is 7.05 Å². The van der Waals surface area contributed by atoms with Gasteiger partial charge in [0.25, 0.3) is 0 Å². The highest BCUT2D eigenvalue weighted by atomic mass is 16.2. The molecule has 1 rings (SSSR count). The molecule has 0 radical (unpaired) electrons. The fourth-order valence-electron chi connectivity index (χ4n) is 1.77. The predicted octanol–water partition coefficient (Wildman–Crippen LogP) is 1.99. The summed E-state index contributed by atoms with van der Waals surface area (Å²) in [5.74, 6) is -0.0176. The molecule has 2 N–H and O–H groups in total. The molecule has 0 aliphatic heterocycles. The molecule has 1 atom stereocenters. The Kier molecular flexibility index (Phi) is 4.29. The minimum Gasteiger partial charge on any atom is -0.358 e. The van der Waals surface area contributed by atoms with Gasteiger partial charge in [0.1, 0.15) is 6.04 Å². The number of benzene rings is 1. The molecule has 0 fully saturated rings. The number of likely N-dealkylation sites (N-methyl/N-ethyl adjacent to an activating group) is 2. The number of nitrogens with one attached hydrogen (secondary N) is 2. The van der Waals surface area contributed by atoms with E-state index in [2.05, 4.69) is 43.5 Å². The number of amides is 1. The lowest BCUT2D eigenvalue weighted by molar-refractivity contribution is -0.122. The third-order valence-electron chi connectivity index (χ3n) is 2.91. The highest BCUT2D eigenvalue weighted by molar-refractivity contribution is 5.82. The van der Waals surface area contributed by atoms with Crippen LogP contribution in [0, 0.1) is 0 Å². The van der Waals surface area contributed by atoms with Crippen LogP contribution in [0.15, 0.2) is 24.3 Å². The quantitative estimate of drug-likeness (QED) is 0.839. The maximum absolute atomic E-state index is 11.7. The Balaban J connectivity index is 2.97. The molecule has 0 heterocycles. The van der Waals surface area contributed by atoms with E-state index in [0.29, 0.717) is 0 Å². The van der Waals surface area contributed by atoms with Crippen molar-refractivity contribution in [2.75, 3.05) is 14.1 Å². The van der Waals surface area contributed by atoms with Crippen LogP contribution in [0.25, 0.3) is 0 Å². The van der Waals surface area contributed by atoms with E-state index in [9.17, 15) is 4.79 Å². The van der Waals surface area contributed by atoms with Gasteiger partial charge in [-0.05, 0) is 23.6 Å². The van der Waals surface area contributed by atoms with E-state index in [-0.39, 0.29) is 17.4 Å². The molecular formula is C14H22N2O. The summed E-state index contributed by atoms with van der Waals surface area (Å²) in [6, 6.07) is 7.91. The molecular weight excluding hydrogens is 212 g/mol. The second-order valence-electron chi connectivity index (χ2n) is 5.21. The highest BCUT2D eigenvalue weighted by Gasteiger charge is 2.18. The van der Waals surface area contributed by atoms with Crippen molar-refractivity contribution in [1.29, 1.82) is 0 Å². The lowest BCUT2D eigenvalue weighted by Crippen LogP contribution is -2.33. The van der Waals surface area contributed by atoms with Crippen molar-refractivity contribution in [2.45, 2.75) is 32.2 Å². The number of rotatable bonds is 3. The van der Waals surface area contributed by atoms with Gasteiger partial charge in [0.15, 0.2) is 0 Å². The molecule has 1 amide bonds. The first-order valence-corrected chi connectivity index (χ1v) is 5.89. The Labute approximate surface area is 104 Å². The molecule has 0 spiro atoms. The van der Waals surface area contributed by atoms with Gasteiger partial charge in [-0.1, -0.05) is 45.0 Å². The summed E-state index contributed by atoms with van der Waals surface area (Å²) in [6.07, 6.45) is 0. The monoisotopic (exact) mass is 234 g/mol. The molecule has 3 heteroatoms. The highest BCUT2D eigenvalue weighted by Crippen LogP contribution is 2.23. The average Bonchev–Trinajstić information content (AvgIpc) is 2.29. The maximum atomic E-state index is 11.7. The van der Waals surface area contributed by atoms with Crippen LogP contribution in [0.1, 0.15) is 37.9 Å². The average molecular weight is 234 g/mol. The Morgan fingerprint density at radius 3 is 2.00 bits per heavy atom. The van der Waals surface area contributed by atoms with E-state index in [1.165, 1.54) is 5.56 Å². The van der Waals surface area contributed by atoms with Crippen LogP contribution in [0.5, 0.6) is 0 Å². The van der Waals surface area contributed by atoms with Gasteiger partial charge in [-0.15, -0.1) is 0 Å². The predicted molar refractivity (Wildman–Crippen MR) is 71.0 cm³/mol. The first-order chi connectivity index (χ1) is 7.90. The van der Waals surface area contributed by atoms with Crippen molar-refractivity contribution in [3.8, 4) is 0 Å². The molecule has 94 valence electrons. The van der Waals surface area contributed by atoms with Gasteiger partial charge in [-0.2, -0.15) is 0 Å². The summed E-state index contributed by atoms with van der Waals surface area (Å²) >= 11 is 0. The van der Waals surface area contributed by atoms with Gasteiger partial charge < -0.3 is 10.6 Å². The van der Waals surface area contributed by atoms with Crippen LogP contribution in [0.3, 0.4) is 0 Å². The van der Waals surface area contributed by atoms with Gasteiger partial charge in [0.05, 0.1) is 0 Å². The van der Waals surface area contributed by atoms with Crippen molar-refractivity contribution in [2.24, 2.45) is 0 Å².